The SMILES string of the molecule is C[C@H](Oc1cc(Cl)cc(Cl)c1)C(=O)N1CCC(C(N)=O)CC1. The van der Waals surface area contributed by atoms with Gasteiger partial charge in [0.15, 0.2) is 6.10 Å². The third-order valence-corrected chi connectivity index (χ3v) is 4.14. The number of rotatable bonds is 4. The third-order valence-electron chi connectivity index (χ3n) is 3.71. The Hall–Kier alpha value is -1.46. The van der Waals surface area contributed by atoms with Gasteiger partial charge in [-0.15, -0.1) is 0 Å². The Morgan fingerprint density at radius 3 is 2.27 bits per heavy atom. The topological polar surface area (TPSA) is 72.6 Å². The number of benzene rings is 1. The van der Waals surface area contributed by atoms with E-state index < -0.39 is 6.10 Å². The molecule has 2 rings (SSSR count). The van der Waals surface area contributed by atoms with Gasteiger partial charge in [0.05, 0.1) is 0 Å². The highest BCUT2D eigenvalue weighted by atomic mass is 35.5. The predicted octanol–water partition coefficient (Wildman–Crippen LogP) is 2.48. The zero-order valence-electron chi connectivity index (χ0n) is 12.2. The molecule has 1 atom stereocenters. The molecule has 2 amide bonds. The van der Waals surface area contributed by atoms with Crippen molar-refractivity contribution in [3.63, 3.8) is 0 Å². The fraction of sp³-hybridized carbons (Fsp3) is 0.467. The van der Waals surface area contributed by atoms with Crippen LogP contribution in [0.4, 0.5) is 0 Å². The van der Waals surface area contributed by atoms with Crippen molar-refractivity contribution in [1.29, 1.82) is 0 Å². The number of carbonyl (C=O) groups is 2. The van der Waals surface area contributed by atoms with Crippen LogP contribution in [0, 0.1) is 5.92 Å². The van der Waals surface area contributed by atoms with Crippen LogP contribution in [0.5, 0.6) is 5.75 Å². The molecule has 0 aromatic heterocycles. The first kappa shape index (κ1) is 16.9. The number of nitrogens with two attached hydrogens (primary N) is 1. The van der Waals surface area contributed by atoms with Gasteiger partial charge in [0.25, 0.3) is 5.91 Å². The minimum absolute atomic E-state index is 0.126. The van der Waals surface area contributed by atoms with E-state index in [0.717, 1.165) is 0 Å². The molecule has 1 heterocycles. The molecular formula is C15H18Cl2N2O3. The van der Waals surface area contributed by atoms with E-state index in [1.807, 2.05) is 0 Å². The molecular weight excluding hydrogens is 327 g/mol. The van der Waals surface area contributed by atoms with Crippen LogP contribution in [-0.4, -0.2) is 35.9 Å². The lowest BCUT2D eigenvalue weighted by atomic mass is 9.96. The highest BCUT2D eigenvalue weighted by Crippen LogP contribution is 2.25. The largest absolute Gasteiger partial charge is 0.481 e. The number of ether oxygens (including phenoxy) is 1. The van der Waals surface area contributed by atoms with Crippen molar-refractivity contribution in [2.45, 2.75) is 25.9 Å². The molecule has 0 unspecified atom stereocenters. The summed E-state index contributed by atoms with van der Waals surface area (Å²) in [6.07, 6.45) is 0.535. The normalized spacial score (nSPS) is 17.1. The summed E-state index contributed by atoms with van der Waals surface area (Å²) in [7, 11) is 0. The first-order valence-corrected chi connectivity index (χ1v) is 7.83. The van der Waals surface area contributed by atoms with Crippen molar-refractivity contribution < 1.29 is 14.3 Å². The minimum atomic E-state index is -0.653. The number of likely N-dealkylation sites (tertiary alicyclic amines) is 1. The molecule has 0 bridgehead atoms. The summed E-state index contributed by atoms with van der Waals surface area (Å²) >= 11 is 11.8. The minimum Gasteiger partial charge on any atom is -0.481 e. The highest BCUT2D eigenvalue weighted by Gasteiger charge is 2.29. The van der Waals surface area contributed by atoms with Crippen LogP contribution in [-0.2, 0) is 9.59 Å². The summed E-state index contributed by atoms with van der Waals surface area (Å²) in [5.41, 5.74) is 5.29. The van der Waals surface area contributed by atoms with Gasteiger partial charge >= 0.3 is 0 Å². The van der Waals surface area contributed by atoms with E-state index >= 15 is 0 Å². The van der Waals surface area contributed by atoms with Crippen LogP contribution in [0.15, 0.2) is 18.2 Å². The summed E-state index contributed by atoms with van der Waals surface area (Å²) < 4.78 is 5.61. The van der Waals surface area contributed by atoms with E-state index in [4.69, 9.17) is 33.7 Å². The fourth-order valence-electron chi connectivity index (χ4n) is 2.49. The number of carbonyl (C=O) groups excluding carboxylic acids is 2. The summed E-state index contributed by atoms with van der Waals surface area (Å²) in [5, 5.41) is 0.897. The molecule has 1 aliphatic heterocycles. The molecule has 7 heteroatoms. The first-order valence-electron chi connectivity index (χ1n) is 7.07. The van der Waals surface area contributed by atoms with E-state index in [2.05, 4.69) is 0 Å². The Labute approximate surface area is 139 Å². The molecule has 0 radical (unpaired) electrons. The van der Waals surface area contributed by atoms with Crippen molar-refractivity contribution in [3.05, 3.63) is 28.2 Å². The van der Waals surface area contributed by atoms with Gasteiger partial charge < -0.3 is 15.4 Å². The molecule has 1 saturated heterocycles. The number of hydrogen-bond acceptors (Lipinski definition) is 3. The lowest BCUT2D eigenvalue weighted by Gasteiger charge is -2.32. The van der Waals surface area contributed by atoms with Gasteiger partial charge in [-0.1, -0.05) is 23.2 Å². The van der Waals surface area contributed by atoms with Crippen molar-refractivity contribution >= 4 is 35.0 Å². The van der Waals surface area contributed by atoms with Crippen LogP contribution < -0.4 is 10.5 Å². The van der Waals surface area contributed by atoms with Gasteiger partial charge in [0, 0.05) is 29.1 Å². The van der Waals surface area contributed by atoms with Gasteiger partial charge in [0.2, 0.25) is 5.91 Å². The zero-order valence-corrected chi connectivity index (χ0v) is 13.7. The summed E-state index contributed by atoms with van der Waals surface area (Å²) in [5.74, 6) is -0.124. The second-order valence-electron chi connectivity index (χ2n) is 5.37. The van der Waals surface area contributed by atoms with E-state index in [9.17, 15) is 9.59 Å². The van der Waals surface area contributed by atoms with Crippen molar-refractivity contribution in [1.82, 2.24) is 4.90 Å². The van der Waals surface area contributed by atoms with E-state index in [0.29, 0.717) is 41.7 Å². The van der Waals surface area contributed by atoms with E-state index in [1.54, 1.807) is 30.0 Å². The number of nitrogens with zero attached hydrogens (tertiary/aromatic N) is 1. The lowest BCUT2D eigenvalue weighted by Crippen LogP contribution is -2.46. The summed E-state index contributed by atoms with van der Waals surface area (Å²) in [4.78, 5) is 25.2. The Morgan fingerprint density at radius 1 is 1.23 bits per heavy atom. The number of primary amides is 1. The van der Waals surface area contributed by atoms with Crippen molar-refractivity contribution in [2.75, 3.05) is 13.1 Å². The van der Waals surface area contributed by atoms with Gasteiger partial charge in [-0.05, 0) is 38.0 Å². The maximum absolute atomic E-state index is 12.4. The molecule has 5 nitrogen and oxygen atoms in total. The van der Waals surface area contributed by atoms with Gasteiger partial charge in [0.1, 0.15) is 5.75 Å². The van der Waals surface area contributed by atoms with Crippen LogP contribution >= 0.6 is 23.2 Å². The van der Waals surface area contributed by atoms with Crippen LogP contribution in [0.3, 0.4) is 0 Å². The smallest absolute Gasteiger partial charge is 0.263 e. The lowest BCUT2D eigenvalue weighted by molar-refractivity contribution is -0.140. The standard InChI is InChI=1S/C15H18Cl2N2O3/c1-9(22-13-7-11(16)6-12(17)8-13)15(21)19-4-2-10(3-5-19)14(18)20/h6-10H,2-5H2,1H3,(H2,18,20)/t9-/m0/s1. The average molecular weight is 345 g/mol. The fourth-order valence-corrected chi connectivity index (χ4v) is 3.00. The number of piperidine rings is 1. The van der Waals surface area contributed by atoms with Gasteiger partial charge in [-0.25, -0.2) is 0 Å². The van der Waals surface area contributed by atoms with E-state index in [1.165, 1.54) is 0 Å². The number of halogens is 2. The summed E-state index contributed by atoms with van der Waals surface area (Å²) in [6, 6.07) is 4.81. The number of hydrogen-bond donors (Lipinski definition) is 1. The molecule has 1 aliphatic rings. The Bertz CT molecular complexity index is 552. The van der Waals surface area contributed by atoms with Crippen molar-refractivity contribution in [3.8, 4) is 5.75 Å². The average Bonchev–Trinajstić information content (AvgIpc) is 2.45. The quantitative estimate of drug-likeness (QED) is 0.911. The zero-order chi connectivity index (χ0) is 16.3. The number of amides is 2. The molecule has 1 aromatic carbocycles. The third kappa shape index (κ3) is 4.27. The molecule has 120 valence electrons. The Balaban J connectivity index is 1.94. The van der Waals surface area contributed by atoms with Crippen LogP contribution in [0.2, 0.25) is 10.0 Å². The van der Waals surface area contributed by atoms with Crippen molar-refractivity contribution in [2.24, 2.45) is 11.7 Å². The monoisotopic (exact) mass is 344 g/mol. The maximum Gasteiger partial charge on any atom is 0.263 e. The second kappa shape index (κ2) is 7.20. The Kier molecular flexibility index (Phi) is 5.53. The second-order valence-corrected chi connectivity index (χ2v) is 6.24. The Morgan fingerprint density at radius 2 is 1.77 bits per heavy atom. The molecule has 0 spiro atoms. The first-order chi connectivity index (χ1) is 10.4. The van der Waals surface area contributed by atoms with Gasteiger partial charge in [-0.2, -0.15) is 0 Å². The maximum atomic E-state index is 12.4. The van der Waals surface area contributed by atoms with E-state index in [-0.39, 0.29) is 17.7 Å². The molecule has 1 fully saturated rings. The molecule has 0 aliphatic carbocycles. The molecule has 2 N–H and O–H groups in total. The molecule has 0 saturated carbocycles. The predicted molar refractivity (Wildman–Crippen MR) is 85.1 cm³/mol. The summed E-state index contributed by atoms with van der Waals surface area (Å²) in [6.45, 7) is 2.70. The van der Waals surface area contributed by atoms with Crippen LogP contribution in [0.1, 0.15) is 19.8 Å². The van der Waals surface area contributed by atoms with Gasteiger partial charge in [-0.3, -0.25) is 9.59 Å². The molecule has 22 heavy (non-hydrogen) atoms. The van der Waals surface area contributed by atoms with Crippen LogP contribution in [0.25, 0.3) is 0 Å². The highest BCUT2D eigenvalue weighted by molar-refractivity contribution is 6.34. The molecule has 1 aromatic rings.